The summed E-state index contributed by atoms with van der Waals surface area (Å²) in [6, 6.07) is 1.68. The summed E-state index contributed by atoms with van der Waals surface area (Å²) in [6.07, 6.45) is 13.3. The predicted octanol–water partition coefficient (Wildman–Crippen LogP) is 6.86. The van der Waals surface area contributed by atoms with Gasteiger partial charge in [-0.2, -0.15) is 17.0 Å². The lowest BCUT2D eigenvalue weighted by molar-refractivity contribution is -0.154. The largest absolute Gasteiger partial charge is 0.465 e. The minimum atomic E-state index is -0.686. The van der Waals surface area contributed by atoms with Crippen LogP contribution in [0.25, 0.3) is 0 Å². The van der Waals surface area contributed by atoms with Crippen molar-refractivity contribution in [3.05, 3.63) is 12.2 Å². The number of esters is 2. The van der Waals surface area contributed by atoms with Crippen LogP contribution in [0.2, 0.25) is 0 Å². The highest BCUT2D eigenvalue weighted by Gasteiger charge is 2.35. The van der Waals surface area contributed by atoms with Gasteiger partial charge in [-0.25, -0.2) is 4.79 Å². The minimum Gasteiger partial charge on any atom is -0.465 e. The summed E-state index contributed by atoms with van der Waals surface area (Å²) in [4.78, 5) is 24.2. The van der Waals surface area contributed by atoms with Gasteiger partial charge in [0, 0.05) is 11.5 Å². The fourth-order valence-electron chi connectivity index (χ4n) is 3.65. The third-order valence-electron chi connectivity index (χ3n) is 5.35. The van der Waals surface area contributed by atoms with Crippen LogP contribution >= 0.6 is 11.8 Å². The Hall–Kier alpha value is -1.48. The molecule has 0 saturated carbocycles. The van der Waals surface area contributed by atoms with Crippen molar-refractivity contribution >= 4 is 23.7 Å². The monoisotopic (exact) mass is 467 g/mol. The first-order valence-corrected chi connectivity index (χ1v) is 13.4. The minimum absolute atomic E-state index is 0.135. The molecule has 1 unspecified atom stereocenters. The lowest BCUT2D eigenvalue weighted by Crippen LogP contribution is -2.34. The zero-order chi connectivity index (χ0) is 24.2. The summed E-state index contributed by atoms with van der Waals surface area (Å²) in [5, 5.41) is 8.63. The lowest BCUT2D eigenvalue weighted by Gasteiger charge is -2.28. The highest BCUT2D eigenvalue weighted by molar-refractivity contribution is 7.99. The highest BCUT2D eigenvalue weighted by Crippen LogP contribution is 2.32. The topological polar surface area (TPSA) is 76.4 Å². The van der Waals surface area contributed by atoms with Gasteiger partial charge in [-0.1, -0.05) is 85.1 Å². The van der Waals surface area contributed by atoms with Crippen LogP contribution in [0, 0.1) is 22.7 Å². The molecular weight excluding hydrogens is 422 g/mol. The second-order valence-corrected chi connectivity index (χ2v) is 10.4. The molecule has 0 aliphatic carbocycles. The molecule has 184 valence electrons. The van der Waals surface area contributed by atoms with E-state index in [0.717, 1.165) is 19.3 Å². The third kappa shape index (κ3) is 15.3. The molecule has 32 heavy (non-hydrogen) atoms. The van der Waals surface area contributed by atoms with Crippen LogP contribution in [0.1, 0.15) is 98.3 Å². The average Bonchev–Trinajstić information content (AvgIpc) is 2.75. The number of nitriles is 1. The Kier molecular flexibility index (Phi) is 18.2. The van der Waals surface area contributed by atoms with Crippen molar-refractivity contribution in [3.8, 4) is 6.07 Å². The molecule has 0 radical (unpaired) electrons. The van der Waals surface area contributed by atoms with Crippen molar-refractivity contribution in [2.24, 2.45) is 11.3 Å². The first kappa shape index (κ1) is 30.5. The van der Waals surface area contributed by atoms with Crippen molar-refractivity contribution in [3.63, 3.8) is 0 Å². The first-order valence-electron chi connectivity index (χ1n) is 12.3. The van der Waals surface area contributed by atoms with E-state index < -0.39 is 11.4 Å². The average molecular weight is 468 g/mol. The van der Waals surface area contributed by atoms with Crippen molar-refractivity contribution in [2.45, 2.75) is 98.3 Å². The van der Waals surface area contributed by atoms with Gasteiger partial charge in [-0.3, -0.25) is 4.79 Å². The first-order chi connectivity index (χ1) is 15.3. The molecule has 0 rings (SSSR count). The van der Waals surface area contributed by atoms with Crippen molar-refractivity contribution in [2.75, 3.05) is 24.7 Å². The highest BCUT2D eigenvalue weighted by atomic mass is 32.2. The zero-order valence-electron chi connectivity index (χ0n) is 20.9. The maximum Gasteiger partial charge on any atom is 0.348 e. The third-order valence-corrected chi connectivity index (χ3v) is 6.64. The van der Waals surface area contributed by atoms with Gasteiger partial charge in [0.05, 0.1) is 12.0 Å². The van der Waals surface area contributed by atoms with E-state index in [4.69, 9.17) is 14.7 Å². The molecule has 0 aromatic heterocycles. The second kappa shape index (κ2) is 19.0. The van der Waals surface area contributed by atoms with E-state index in [-0.39, 0.29) is 18.1 Å². The van der Waals surface area contributed by atoms with Crippen LogP contribution in [-0.4, -0.2) is 36.7 Å². The van der Waals surface area contributed by atoms with Crippen molar-refractivity contribution in [1.29, 1.82) is 5.26 Å². The van der Waals surface area contributed by atoms with Crippen LogP contribution in [0.5, 0.6) is 0 Å². The SMILES string of the molecule is C=C(C#N)C(=O)OCCSCC(C)(CC(C)C)C(=O)OCCCCCCCCCCCC. The van der Waals surface area contributed by atoms with Crippen LogP contribution in [-0.2, 0) is 19.1 Å². The van der Waals surface area contributed by atoms with E-state index in [1.54, 1.807) is 17.8 Å². The van der Waals surface area contributed by atoms with Crippen molar-refractivity contribution < 1.29 is 19.1 Å². The number of rotatable bonds is 20. The quantitative estimate of drug-likeness (QED) is 0.0842. The van der Waals surface area contributed by atoms with Crippen LogP contribution in [0.15, 0.2) is 12.2 Å². The summed E-state index contributed by atoms with van der Waals surface area (Å²) >= 11 is 1.56. The lowest BCUT2D eigenvalue weighted by atomic mass is 9.84. The second-order valence-electron chi connectivity index (χ2n) is 9.26. The number of ether oxygens (including phenoxy) is 2. The number of unbranched alkanes of at least 4 members (excludes halogenated alkanes) is 9. The molecule has 0 aliphatic heterocycles. The molecule has 0 heterocycles. The number of carbonyl (C=O) groups excluding carboxylic acids is 2. The van der Waals surface area contributed by atoms with Gasteiger partial charge in [-0.15, -0.1) is 0 Å². The summed E-state index contributed by atoms with van der Waals surface area (Å²) in [5.41, 5.74) is -0.757. The Balaban J connectivity index is 4.11. The van der Waals surface area contributed by atoms with Gasteiger partial charge in [-0.05, 0) is 25.7 Å². The van der Waals surface area contributed by atoms with Gasteiger partial charge in [0.25, 0.3) is 0 Å². The molecule has 5 nitrogen and oxygen atoms in total. The van der Waals surface area contributed by atoms with E-state index in [1.807, 2.05) is 6.92 Å². The molecule has 0 N–H and O–H groups in total. The number of carbonyl (C=O) groups is 2. The fourth-order valence-corrected chi connectivity index (χ4v) is 4.69. The number of nitrogens with zero attached hydrogens (tertiary/aromatic N) is 1. The molecule has 0 aromatic carbocycles. The van der Waals surface area contributed by atoms with Gasteiger partial charge < -0.3 is 9.47 Å². The Morgan fingerprint density at radius 1 is 0.969 bits per heavy atom. The molecular formula is C26H45NO4S. The van der Waals surface area contributed by atoms with Crippen LogP contribution in [0.4, 0.5) is 0 Å². The molecule has 0 saturated heterocycles. The van der Waals surface area contributed by atoms with Crippen molar-refractivity contribution in [1.82, 2.24) is 0 Å². The Morgan fingerprint density at radius 3 is 2.06 bits per heavy atom. The van der Waals surface area contributed by atoms with E-state index in [2.05, 4.69) is 27.4 Å². The predicted molar refractivity (Wildman–Crippen MR) is 133 cm³/mol. The molecule has 0 spiro atoms. The maximum atomic E-state index is 12.8. The summed E-state index contributed by atoms with van der Waals surface area (Å²) in [5.74, 6) is 0.725. The van der Waals surface area contributed by atoms with Gasteiger partial charge >= 0.3 is 11.9 Å². The van der Waals surface area contributed by atoms with Gasteiger partial charge in [0.1, 0.15) is 18.2 Å². The van der Waals surface area contributed by atoms with E-state index >= 15 is 0 Å². The number of hydrogen-bond donors (Lipinski definition) is 0. The van der Waals surface area contributed by atoms with E-state index in [1.165, 1.54) is 51.4 Å². The normalized spacial score (nSPS) is 12.8. The molecule has 0 aliphatic rings. The van der Waals surface area contributed by atoms with Gasteiger partial charge in [0.15, 0.2) is 0 Å². The van der Waals surface area contributed by atoms with Crippen LogP contribution < -0.4 is 0 Å². The van der Waals surface area contributed by atoms with E-state index in [9.17, 15) is 9.59 Å². The summed E-state index contributed by atoms with van der Waals surface area (Å²) < 4.78 is 10.6. The summed E-state index contributed by atoms with van der Waals surface area (Å²) in [7, 11) is 0. The molecule has 0 amide bonds. The Labute approximate surface area is 200 Å². The fraction of sp³-hybridized carbons (Fsp3) is 0.808. The Morgan fingerprint density at radius 2 is 1.53 bits per heavy atom. The smallest absolute Gasteiger partial charge is 0.348 e. The molecule has 0 bridgehead atoms. The maximum absolute atomic E-state index is 12.8. The number of hydrogen-bond acceptors (Lipinski definition) is 6. The molecule has 6 heteroatoms. The molecule has 1 atom stereocenters. The number of thioether (sulfide) groups is 1. The summed E-state index contributed by atoms with van der Waals surface area (Å²) in [6.45, 7) is 12.4. The molecule has 0 fully saturated rings. The van der Waals surface area contributed by atoms with Crippen LogP contribution in [0.3, 0.4) is 0 Å². The van der Waals surface area contributed by atoms with E-state index in [0.29, 0.717) is 24.0 Å². The Bertz CT molecular complexity index is 585. The van der Waals surface area contributed by atoms with Gasteiger partial charge in [0.2, 0.25) is 0 Å². The molecule has 0 aromatic rings. The zero-order valence-corrected chi connectivity index (χ0v) is 21.7. The standard InChI is InChI=1S/C26H45NO4S/c1-6-7-8-9-10-11-12-13-14-15-16-31-25(29)26(5,19-22(2)3)21-32-18-17-30-24(28)23(4)20-27/h22H,4,6-19,21H2,1-3,5H3.